The second-order valence-electron chi connectivity index (χ2n) is 6.12. The van der Waals surface area contributed by atoms with Crippen molar-refractivity contribution in [2.24, 2.45) is 0 Å². The molecule has 142 valence electrons. The smallest absolute Gasteiger partial charge is 0.408 e. The molecule has 2 aromatic carbocycles. The van der Waals surface area contributed by atoms with Gasteiger partial charge in [-0.1, -0.05) is 30.3 Å². The number of alkyl carbamates (subject to hydrolysis) is 1. The Hall–Kier alpha value is -3.22. The van der Waals surface area contributed by atoms with E-state index in [4.69, 9.17) is 4.74 Å². The molecule has 0 heterocycles. The van der Waals surface area contributed by atoms with Crippen LogP contribution in [0.5, 0.6) is 0 Å². The Bertz CT molecular complexity index is 853. The molecule has 27 heavy (non-hydrogen) atoms. The molecular formula is C20H21FN2O4. The number of carbonyl (C=O) groups excluding carboxylic acids is 3. The molecule has 0 saturated heterocycles. The van der Waals surface area contributed by atoms with Gasteiger partial charge in [0, 0.05) is 12.5 Å². The number of Topliss-reactive ketones (excluding diaryl/α,β-unsaturated/α-hetero) is 1. The summed E-state index contributed by atoms with van der Waals surface area (Å²) in [6, 6.07) is 10.6. The van der Waals surface area contributed by atoms with E-state index in [9.17, 15) is 18.8 Å². The average Bonchev–Trinajstić information content (AvgIpc) is 2.62. The molecule has 2 aromatic rings. The standard InChI is InChI=1S/C20H21FN2O4/c1-12-9-16(18(10-17(12)21)23-14(3)24)19(25)13(2)22-20(26)27-11-15-7-5-4-6-8-15/h4-10,13H,11H2,1-3H3,(H,22,26)(H,23,24)/t13-/m0/s1. The molecule has 0 aliphatic carbocycles. The van der Waals surface area contributed by atoms with Crippen molar-refractivity contribution in [2.75, 3.05) is 5.32 Å². The van der Waals surface area contributed by atoms with Crippen molar-refractivity contribution in [1.82, 2.24) is 5.32 Å². The van der Waals surface area contributed by atoms with Crippen molar-refractivity contribution < 1.29 is 23.5 Å². The Balaban J connectivity index is 2.06. The summed E-state index contributed by atoms with van der Waals surface area (Å²) in [5, 5.41) is 4.88. The number of anilines is 1. The number of carbonyl (C=O) groups is 3. The third-order valence-corrected chi connectivity index (χ3v) is 3.82. The zero-order valence-electron chi connectivity index (χ0n) is 15.3. The third-order valence-electron chi connectivity index (χ3n) is 3.82. The van der Waals surface area contributed by atoms with Gasteiger partial charge in [0.25, 0.3) is 0 Å². The monoisotopic (exact) mass is 372 g/mol. The van der Waals surface area contributed by atoms with E-state index in [0.717, 1.165) is 11.6 Å². The largest absolute Gasteiger partial charge is 0.445 e. The Morgan fingerprint density at radius 2 is 1.81 bits per heavy atom. The number of aryl methyl sites for hydroxylation is 1. The topological polar surface area (TPSA) is 84.5 Å². The van der Waals surface area contributed by atoms with Gasteiger partial charge in [0.1, 0.15) is 12.4 Å². The van der Waals surface area contributed by atoms with E-state index in [1.807, 2.05) is 30.3 Å². The number of benzene rings is 2. The molecule has 0 aliphatic heterocycles. The van der Waals surface area contributed by atoms with E-state index < -0.39 is 29.6 Å². The van der Waals surface area contributed by atoms with E-state index in [0.29, 0.717) is 0 Å². The van der Waals surface area contributed by atoms with Gasteiger partial charge in [0.15, 0.2) is 5.78 Å². The minimum Gasteiger partial charge on any atom is -0.445 e. The van der Waals surface area contributed by atoms with Crippen LogP contribution < -0.4 is 10.6 Å². The number of hydrogen-bond acceptors (Lipinski definition) is 4. The second kappa shape index (κ2) is 8.93. The summed E-state index contributed by atoms with van der Waals surface area (Å²) in [7, 11) is 0. The Kier molecular flexibility index (Phi) is 6.65. The number of rotatable bonds is 6. The van der Waals surface area contributed by atoms with Crippen LogP contribution in [0.3, 0.4) is 0 Å². The Morgan fingerprint density at radius 3 is 2.44 bits per heavy atom. The first-order valence-electron chi connectivity index (χ1n) is 8.37. The normalized spacial score (nSPS) is 11.4. The molecule has 0 radical (unpaired) electrons. The number of amides is 2. The average molecular weight is 372 g/mol. The van der Waals surface area contributed by atoms with Crippen LogP contribution in [0.25, 0.3) is 0 Å². The van der Waals surface area contributed by atoms with Crippen LogP contribution in [-0.4, -0.2) is 23.8 Å². The predicted octanol–water partition coefficient (Wildman–Crippen LogP) is 3.59. The molecular weight excluding hydrogens is 351 g/mol. The molecule has 2 rings (SSSR count). The molecule has 0 aromatic heterocycles. The molecule has 0 bridgehead atoms. The minimum atomic E-state index is -0.925. The number of ether oxygens (including phenoxy) is 1. The van der Waals surface area contributed by atoms with Crippen LogP contribution in [0, 0.1) is 12.7 Å². The van der Waals surface area contributed by atoms with E-state index in [2.05, 4.69) is 10.6 Å². The number of ketones is 1. The zero-order chi connectivity index (χ0) is 20.0. The number of nitrogens with one attached hydrogen (secondary N) is 2. The van der Waals surface area contributed by atoms with Gasteiger partial charge < -0.3 is 15.4 Å². The molecule has 0 spiro atoms. The lowest BCUT2D eigenvalue weighted by molar-refractivity contribution is -0.114. The van der Waals surface area contributed by atoms with Gasteiger partial charge in [-0.3, -0.25) is 9.59 Å². The highest BCUT2D eigenvalue weighted by Crippen LogP contribution is 2.22. The highest BCUT2D eigenvalue weighted by molar-refractivity contribution is 6.07. The summed E-state index contributed by atoms with van der Waals surface area (Å²) in [5.41, 5.74) is 1.24. The van der Waals surface area contributed by atoms with Crippen molar-refractivity contribution in [2.45, 2.75) is 33.4 Å². The lowest BCUT2D eigenvalue weighted by Gasteiger charge is -2.16. The van der Waals surface area contributed by atoms with E-state index in [-0.39, 0.29) is 23.4 Å². The first-order chi connectivity index (χ1) is 12.8. The van der Waals surface area contributed by atoms with Gasteiger partial charge in [-0.15, -0.1) is 0 Å². The Morgan fingerprint density at radius 1 is 1.15 bits per heavy atom. The molecule has 0 saturated carbocycles. The van der Waals surface area contributed by atoms with Gasteiger partial charge in [0.05, 0.1) is 11.7 Å². The molecule has 2 amide bonds. The number of hydrogen-bond donors (Lipinski definition) is 2. The van der Waals surface area contributed by atoms with Crippen molar-refractivity contribution in [1.29, 1.82) is 0 Å². The lowest BCUT2D eigenvalue weighted by Crippen LogP contribution is -2.39. The highest BCUT2D eigenvalue weighted by Gasteiger charge is 2.22. The van der Waals surface area contributed by atoms with Crippen molar-refractivity contribution in [3.8, 4) is 0 Å². The fraction of sp³-hybridized carbons (Fsp3) is 0.250. The van der Waals surface area contributed by atoms with E-state index in [1.165, 1.54) is 26.8 Å². The van der Waals surface area contributed by atoms with Crippen molar-refractivity contribution >= 4 is 23.5 Å². The van der Waals surface area contributed by atoms with Crippen LogP contribution >= 0.6 is 0 Å². The summed E-state index contributed by atoms with van der Waals surface area (Å²) in [4.78, 5) is 35.9. The van der Waals surface area contributed by atoms with Gasteiger partial charge >= 0.3 is 6.09 Å². The maximum Gasteiger partial charge on any atom is 0.408 e. The van der Waals surface area contributed by atoms with Crippen LogP contribution in [0.1, 0.15) is 35.3 Å². The van der Waals surface area contributed by atoms with Crippen molar-refractivity contribution in [3.05, 3.63) is 65.0 Å². The summed E-state index contributed by atoms with van der Waals surface area (Å²) < 4.78 is 18.9. The first kappa shape index (κ1) is 20.1. The molecule has 0 aliphatic rings. The number of halogens is 1. The summed E-state index contributed by atoms with van der Waals surface area (Å²) in [5.74, 6) is -1.45. The van der Waals surface area contributed by atoms with Gasteiger partial charge in [-0.05, 0) is 37.1 Å². The molecule has 6 nitrogen and oxygen atoms in total. The minimum absolute atomic E-state index is 0.0573. The van der Waals surface area contributed by atoms with E-state index >= 15 is 0 Å². The summed E-state index contributed by atoms with van der Waals surface area (Å²) in [6.45, 7) is 4.33. The summed E-state index contributed by atoms with van der Waals surface area (Å²) >= 11 is 0. The van der Waals surface area contributed by atoms with Crippen LogP contribution in [0.15, 0.2) is 42.5 Å². The zero-order valence-corrected chi connectivity index (χ0v) is 15.3. The fourth-order valence-electron chi connectivity index (χ4n) is 2.42. The van der Waals surface area contributed by atoms with E-state index in [1.54, 1.807) is 0 Å². The van der Waals surface area contributed by atoms with Crippen LogP contribution in [0.2, 0.25) is 0 Å². The van der Waals surface area contributed by atoms with Gasteiger partial charge in [-0.2, -0.15) is 0 Å². The first-order valence-corrected chi connectivity index (χ1v) is 8.37. The highest BCUT2D eigenvalue weighted by atomic mass is 19.1. The van der Waals surface area contributed by atoms with Crippen LogP contribution in [-0.2, 0) is 16.1 Å². The molecule has 7 heteroatoms. The second-order valence-corrected chi connectivity index (χ2v) is 6.12. The molecule has 2 N–H and O–H groups in total. The molecule has 0 fully saturated rings. The van der Waals surface area contributed by atoms with Crippen molar-refractivity contribution in [3.63, 3.8) is 0 Å². The SMILES string of the molecule is CC(=O)Nc1cc(F)c(C)cc1C(=O)[C@H](C)NC(=O)OCc1ccccc1. The lowest BCUT2D eigenvalue weighted by atomic mass is 10.0. The Labute approximate surface area is 156 Å². The maximum atomic E-state index is 13.8. The summed E-state index contributed by atoms with van der Waals surface area (Å²) in [6.07, 6.45) is -0.750. The van der Waals surface area contributed by atoms with Gasteiger partial charge in [-0.25, -0.2) is 9.18 Å². The quantitative estimate of drug-likeness (QED) is 0.759. The predicted molar refractivity (Wildman–Crippen MR) is 99.0 cm³/mol. The fourth-order valence-corrected chi connectivity index (χ4v) is 2.42. The molecule has 0 unspecified atom stereocenters. The van der Waals surface area contributed by atoms with Crippen LogP contribution in [0.4, 0.5) is 14.9 Å². The maximum absolute atomic E-state index is 13.8. The third kappa shape index (κ3) is 5.64. The molecule has 1 atom stereocenters. The van der Waals surface area contributed by atoms with Gasteiger partial charge in [0.2, 0.25) is 5.91 Å².